The van der Waals surface area contributed by atoms with Crippen LogP contribution in [0.3, 0.4) is 0 Å². The molecular formula is C15H17Br2ClN2O5S2. The zero-order valence-corrected chi connectivity index (χ0v) is 19.6. The number of alkyl carbamates (subject to hydrolysis) is 1. The first-order valence-corrected chi connectivity index (χ1v) is 10.8. The van der Waals surface area contributed by atoms with E-state index in [2.05, 4.69) is 37.2 Å². The van der Waals surface area contributed by atoms with Gasteiger partial charge < -0.3 is 14.6 Å². The van der Waals surface area contributed by atoms with Gasteiger partial charge in [0.1, 0.15) is 3.66 Å². The molecular weight excluding hydrogens is 548 g/mol. The van der Waals surface area contributed by atoms with Crippen LogP contribution in [-0.2, 0) is 14.3 Å². The van der Waals surface area contributed by atoms with Crippen molar-refractivity contribution in [2.24, 2.45) is 0 Å². The Morgan fingerprint density at radius 1 is 1.59 bits per heavy atom. The zero-order valence-electron chi connectivity index (χ0n) is 13.9. The molecule has 2 amide bonds. The largest absolute Gasteiger partial charge is 0.480 e. The number of alkyl halides is 1. The minimum Gasteiger partial charge on any atom is -0.480 e. The predicted molar refractivity (Wildman–Crippen MR) is 115 cm³/mol. The van der Waals surface area contributed by atoms with Crippen molar-refractivity contribution >= 4 is 85.3 Å². The van der Waals surface area contributed by atoms with E-state index in [1.54, 1.807) is 13.0 Å². The zero-order chi connectivity index (χ0) is 19.3. The van der Waals surface area contributed by atoms with Crippen LogP contribution < -0.4 is 5.32 Å². The quantitative estimate of drug-likeness (QED) is 0.285. The molecule has 150 valence electrons. The summed E-state index contributed by atoms with van der Waals surface area (Å²) in [4.78, 5) is 22.6. The van der Waals surface area contributed by atoms with E-state index >= 15 is 0 Å². The molecule has 7 nitrogen and oxygen atoms in total. The van der Waals surface area contributed by atoms with E-state index in [0.717, 1.165) is 4.47 Å². The van der Waals surface area contributed by atoms with Crippen molar-refractivity contribution < 1.29 is 24.2 Å². The van der Waals surface area contributed by atoms with Gasteiger partial charge in [-0.1, -0.05) is 22.0 Å². The average molecular weight is 565 g/mol. The highest BCUT2D eigenvalue weighted by molar-refractivity contribution is 9.12. The highest BCUT2D eigenvalue weighted by Crippen LogP contribution is 2.45. The summed E-state index contributed by atoms with van der Waals surface area (Å²) >= 11 is 9.51. The van der Waals surface area contributed by atoms with Gasteiger partial charge in [0.25, 0.3) is 5.91 Å². The molecule has 1 aromatic rings. The highest BCUT2D eigenvalue weighted by Gasteiger charge is 2.40. The van der Waals surface area contributed by atoms with E-state index in [0.29, 0.717) is 17.9 Å². The van der Waals surface area contributed by atoms with E-state index < -0.39 is 27.9 Å². The summed E-state index contributed by atoms with van der Waals surface area (Å²) in [6.07, 6.45) is 0.292. The molecule has 1 fully saturated rings. The summed E-state index contributed by atoms with van der Waals surface area (Å²) in [5, 5.41) is 23.0. The second kappa shape index (κ2) is 10.8. The second-order valence-electron chi connectivity index (χ2n) is 5.09. The molecule has 0 spiro atoms. The smallest absolute Gasteiger partial charge is 0.415 e. The maximum atomic E-state index is 11.2. The molecule has 0 saturated carbocycles. The maximum absolute atomic E-state index is 11.2. The third-order valence-electron chi connectivity index (χ3n) is 3.28. The van der Waals surface area contributed by atoms with Gasteiger partial charge in [0.05, 0.1) is 11.5 Å². The standard InChI is InChI=1S/C8H12BrNO2S.C7H4BrNO3S.ClH/c1-2-12-7(10)6(11)8(9)4-3-5-13-8;8-3-1-2-13-5(3)4-6(10)9-7(11)12-4;/h3,5-6,10-11H,2,4H2,1H3;1-2,4H,(H,9,10,11);1H. The Balaban J connectivity index is 0.000000260. The van der Waals surface area contributed by atoms with Crippen molar-refractivity contribution in [1.29, 1.82) is 5.41 Å². The van der Waals surface area contributed by atoms with E-state index in [1.165, 1.54) is 23.1 Å². The lowest BCUT2D eigenvalue weighted by Crippen LogP contribution is -2.38. The Morgan fingerprint density at radius 2 is 2.30 bits per heavy atom. The molecule has 2 aliphatic rings. The molecule has 3 N–H and O–H groups in total. The van der Waals surface area contributed by atoms with Gasteiger partial charge in [-0.25, -0.2) is 4.79 Å². The number of amides is 2. The van der Waals surface area contributed by atoms with Gasteiger partial charge in [0.15, 0.2) is 6.10 Å². The number of carbonyl (C=O) groups excluding carboxylic acids is 2. The van der Waals surface area contributed by atoms with Crippen molar-refractivity contribution in [3.8, 4) is 0 Å². The van der Waals surface area contributed by atoms with Crippen LogP contribution in [0.5, 0.6) is 0 Å². The summed E-state index contributed by atoms with van der Waals surface area (Å²) in [7, 11) is 0. The summed E-state index contributed by atoms with van der Waals surface area (Å²) in [5.74, 6) is -0.483. The molecule has 2 aliphatic heterocycles. The molecule has 0 aliphatic carbocycles. The number of aliphatic hydroxyl groups excluding tert-OH is 1. The Kier molecular flexibility index (Phi) is 9.80. The second-order valence-corrected chi connectivity index (χ2v) is 10.1. The maximum Gasteiger partial charge on any atom is 0.415 e. The van der Waals surface area contributed by atoms with Crippen LogP contribution in [0.25, 0.3) is 0 Å². The number of hydrogen-bond donors (Lipinski definition) is 3. The van der Waals surface area contributed by atoms with Crippen molar-refractivity contribution in [3.05, 3.63) is 32.3 Å². The van der Waals surface area contributed by atoms with Gasteiger partial charge in [0, 0.05) is 4.47 Å². The van der Waals surface area contributed by atoms with Crippen molar-refractivity contribution in [3.63, 3.8) is 0 Å². The third kappa shape index (κ3) is 6.20. The third-order valence-corrected chi connectivity index (χ3v) is 7.63. The van der Waals surface area contributed by atoms with Crippen molar-refractivity contribution in [2.45, 2.75) is 29.2 Å². The number of nitrogens with one attached hydrogen (secondary N) is 2. The van der Waals surface area contributed by atoms with Gasteiger partial charge in [-0.3, -0.25) is 15.5 Å². The Labute approximate surface area is 187 Å². The SMILES string of the molecule is CCOC(=N)C(O)C1(Br)CC=CS1.Cl.O=C1NC(=O)C(c2sccc2Br)O1. The van der Waals surface area contributed by atoms with E-state index in [-0.39, 0.29) is 18.3 Å². The fourth-order valence-corrected chi connectivity index (χ4v) is 5.22. The van der Waals surface area contributed by atoms with Crippen LogP contribution in [0, 0.1) is 5.41 Å². The molecule has 0 radical (unpaired) electrons. The molecule has 12 heteroatoms. The Hall–Kier alpha value is -0.590. The van der Waals surface area contributed by atoms with E-state index in [9.17, 15) is 14.7 Å². The normalized spacial score (nSPS) is 24.2. The number of halogens is 3. The molecule has 3 heterocycles. The van der Waals surface area contributed by atoms with Crippen LogP contribution >= 0.6 is 67.4 Å². The molecule has 0 bridgehead atoms. The number of carbonyl (C=O) groups is 2. The fraction of sp³-hybridized carbons (Fsp3) is 0.400. The molecule has 0 aromatic carbocycles. The minimum absolute atomic E-state index is 0. The average Bonchev–Trinajstić information content (AvgIpc) is 3.29. The monoisotopic (exact) mass is 562 g/mol. The summed E-state index contributed by atoms with van der Waals surface area (Å²) in [6, 6.07) is 1.80. The molecule has 27 heavy (non-hydrogen) atoms. The Morgan fingerprint density at radius 3 is 2.74 bits per heavy atom. The first-order valence-electron chi connectivity index (χ1n) is 7.44. The summed E-state index contributed by atoms with van der Waals surface area (Å²) in [5.41, 5.74) is 0. The number of cyclic esters (lactones) is 1. The number of thiophene rings is 1. The number of thioether (sulfide) groups is 1. The predicted octanol–water partition coefficient (Wildman–Crippen LogP) is 4.34. The lowest BCUT2D eigenvalue weighted by molar-refractivity contribution is -0.123. The van der Waals surface area contributed by atoms with Crippen molar-refractivity contribution in [1.82, 2.24) is 5.32 Å². The highest BCUT2D eigenvalue weighted by atomic mass is 79.9. The lowest BCUT2D eigenvalue weighted by atomic mass is 10.2. The van der Waals surface area contributed by atoms with Crippen LogP contribution in [0.4, 0.5) is 4.79 Å². The van der Waals surface area contributed by atoms with Crippen LogP contribution in [-0.4, -0.2) is 39.4 Å². The molecule has 3 atom stereocenters. The van der Waals surface area contributed by atoms with E-state index in [1.807, 2.05) is 16.9 Å². The number of hydrogen-bond acceptors (Lipinski definition) is 8. The molecule has 1 saturated heterocycles. The molecule has 1 aromatic heterocycles. The molecule has 3 unspecified atom stereocenters. The van der Waals surface area contributed by atoms with Crippen LogP contribution in [0.15, 0.2) is 27.4 Å². The first kappa shape index (κ1) is 24.4. The number of rotatable bonds is 4. The molecule has 3 rings (SSSR count). The number of imide groups is 1. The number of ether oxygens (including phenoxy) is 2. The number of aliphatic hydroxyl groups is 1. The van der Waals surface area contributed by atoms with E-state index in [4.69, 9.17) is 14.9 Å². The topological polar surface area (TPSA) is 109 Å². The summed E-state index contributed by atoms with van der Waals surface area (Å²) < 4.78 is 10.0. The van der Waals surface area contributed by atoms with Gasteiger partial charge in [-0.2, -0.15) is 0 Å². The number of allylic oxidation sites excluding steroid dienone is 1. The van der Waals surface area contributed by atoms with Gasteiger partial charge in [-0.05, 0) is 46.1 Å². The minimum atomic E-state index is -0.896. The fourth-order valence-electron chi connectivity index (χ4n) is 2.05. The van der Waals surface area contributed by atoms with Gasteiger partial charge in [-0.15, -0.1) is 35.5 Å². The van der Waals surface area contributed by atoms with Gasteiger partial charge in [0.2, 0.25) is 12.0 Å². The van der Waals surface area contributed by atoms with Gasteiger partial charge >= 0.3 is 6.09 Å². The Bertz CT molecular complexity index is 723. The van der Waals surface area contributed by atoms with Crippen LogP contribution in [0.2, 0.25) is 0 Å². The first-order chi connectivity index (χ1) is 12.3. The lowest BCUT2D eigenvalue weighted by Gasteiger charge is -2.26. The van der Waals surface area contributed by atoms with Crippen molar-refractivity contribution in [2.75, 3.05) is 6.61 Å². The summed E-state index contributed by atoms with van der Waals surface area (Å²) in [6.45, 7) is 2.21. The van der Waals surface area contributed by atoms with Crippen LogP contribution in [0.1, 0.15) is 24.3 Å².